The first-order chi connectivity index (χ1) is 12.3. The van der Waals surface area contributed by atoms with Crippen molar-refractivity contribution < 1.29 is 9.18 Å². The molecule has 0 aliphatic carbocycles. The molecule has 0 aliphatic rings. The molecule has 0 radical (unpaired) electrons. The van der Waals surface area contributed by atoms with Crippen LogP contribution in [-0.2, 0) is 11.3 Å². The summed E-state index contributed by atoms with van der Waals surface area (Å²) in [5.41, 5.74) is 8.57. The van der Waals surface area contributed by atoms with Crippen LogP contribution in [0.1, 0.15) is 21.6 Å². The average molecular weight is 391 g/mol. The molecule has 0 spiro atoms. The molecule has 3 aromatic rings. The van der Waals surface area contributed by atoms with Gasteiger partial charge in [-0.25, -0.2) is 14.4 Å². The normalized spacial score (nSPS) is 11.1. The van der Waals surface area contributed by atoms with Crippen molar-refractivity contribution in [2.75, 3.05) is 11.5 Å². The van der Waals surface area contributed by atoms with E-state index in [1.54, 1.807) is 30.4 Å². The van der Waals surface area contributed by atoms with Crippen LogP contribution >= 0.6 is 23.1 Å². The number of carbonyl (C=O) groups is 1. The van der Waals surface area contributed by atoms with E-state index in [9.17, 15) is 9.18 Å². The van der Waals surface area contributed by atoms with Gasteiger partial charge in [-0.3, -0.25) is 4.79 Å². The lowest BCUT2D eigenvalue weighted by Crippen LogP contribution is -2.24. The van der Waals surface area contributed by atoms with Crippen molar-refractivity contribution >= 4 is 45.0 Å². The van der Waals surface area contributed by atoms with Gasteiger partial charge in [-0.15, -0.1) is 11.3 Å². The number of carbonyl (C=O) groups excluding carboxylic acids is 1. The molecule has 0 saturated carbocycles. The number of aryl methyl sites for hydroxylation is 3. The average Bonchev–Trinajstić information content (AvgIpc) is 2.88. The summed E-state index contributed by atoms with van der Waals surface area (Å²) >= 11 is 2.82. The Labute approximate surface area is 159 Å². The third-order valence-corrected chi connectivity index (χ3v) is 6.03. The second-order valence-electron chi connectivity index (χ2n) is 6.00. The number of nitrogens with zero attached hydrogens (tertiary/aromatic N) is 2. The van der Waals surface area contributed by atoms with Crippen LogP contribution in [0.5, 0.6) is 0 Å². The number of hydrogen-bond donors (Lipinski definition) is 2. The maximum Gasteiger partial charge on any atom is 0.230 e. The first-order valence-corrected chi connectivity index (χ1v) is 9.83. The molecule has 136 valence electrons. The lowest BCUT2D eigenvalue weighted by molar-refractivity contribution is -0.118. The number of nitrogens with two attached hydrogens (primary N) is 1. The van der Waals surface area contributed by atoms with Crippen LogP contribution in [0.2, 0.25) is 0 Å². The summed E-state index contributed by atoms with van der Waals surface area (Å²) in [6, 6.07) is 4.79. The van der Waals surface area contributed by atoms with E-state index in [4.69, 9.17) is 5.73 Å². The fraction of sp³-hybridized carbons (Fsp3) is 0.278. The van der Waals surface area contributed by atoms with Gasteiger partial charge in [0.05, 0.1) is 11.1 Å². The van der Waals surface area contributed by atoms with Crippen LogP contribution in [0.4, 0.5) is 10.2 Å². The number of benzene rings is 1. The van der Waals surface area contributed by atoms with E-state index < -0.39 is 0 Å². The molecule has 0 fully saturated rings. The van der Waals surface area contributed by atoms with Gasteiger partial charge in [0.1, 0.15) is 16.5 Å². The van der Waals surface area contributed by atoms with Crippen molar-refractivity contribution in [3.05, 3.63) is 45.6 Å². The number of nitrogens with one attached hydrogen (secondary N) is 1. The van der Waals surface area contributed by atoms with Crippen LogP contribution < -0.4 is 11.1 Å². The zero-order chi connectivity index (χ0) is 18.8. The largest absolute Gasteiger partial charge is 0.383 e. The minimum atomic E-state index is -0.250. The van der Waals surface area contributed by atoms with Crippen LogP contribution in [0.25, 0.3) is 10.2 Å². The lowest BCUT2D eigenvalue weighted by atomic mass is 10.1. The molecule has 3 rings (SSSR count). The lowest BCUT2D eigenvalue weighted by Gasteiger charge is -2.07. The highest BCUT2D eigenvalue weighted by Gasteiger charge is 2.14. The van der Waals surface area contributed by atoms with Crippen LogP contribution in [-0.4, -0.2) is 21.6 Å². The molecule has 1 aromatic carbocycles. The summed E-state index contributed by atoms with van der Waals surface area (Å²) in [7, 11) is 0. The zero-order valence-corrected chi connectivity index (χ0v) is 16.4. The number of thiophene rings is 1. The number of aromatic nitrogens is 2. The Hall–Kier alpha value is -2.19. The van der Waals surface area contributed by atoms with E-state index in [0.717, 1.165) is 26.2 Å². The molecule has 0 atom stereocenters. The van der Waals surface area contributed by atoms with Gasteiger partial charge in [0, 0.05) is 11.4 Å². The van der Waals surface area contributed by atoms with Crippen molar-refractivity contribution in [2.45, 2.75) is 32.5 Å². The molecule has 0 bridgehead atoms. The molecular weight excluding hydrogens is 371 g/mol. The molecule has 2 aromatic heterocycles. The molecule has 3 N–H and O–H groups in total. The maximum absolute atomic E-state index is 13.3. The quantitative estimate of drug-likeness (QED) is 0.512. The topological polar surface area (TPSA) is 80.9 Å². The Balaban J connectivity index is 1.60. The summed E-state index contributed by atoms with van der Waals surface area (Å²) in [6.45, 7) is 6.08. The predicted octanol–water partition coefficient (Wildman–Crippen LogP) is 3.75. The van der Waals surface area contributed by atoms with E-state index in [1.165, 1.54) is 17.8 Å². The van der Waals surface area contributed by atoms with Gasteiger partial charge in [-0.05, 0) is 43.5 Å². The van der Waals surface area contributed by atoms with E-state index in [0.29, 0.717) is 23.1 Å². The molecule has 26 heavy (non-hydrogen) atoms. The van der Waals surface area contributed by atoms with Gasteiger partial charge in [-0.2, -0.15) is 0 Å². The minimum Gasteiger partial charge on any atom is -0.383 e. The van der Waals surface area contributed by atoms with E-state index in [-0.39, 0.29) is 17.5 Å². The third kappa shape index (κ3) is 3.96. The first kappa shape index (κ1) is 18.6. The van der Waals surface area contributed by atoms with E-state index in [1.807, 2.05) is 13.8 Å². The number of fused-ring (bicyclic) bond motifs is 1. The minimum absolute atomic E-state index is 0.141. The van der Waals surface area contributed by atoms with Gasteiger partial charge in [-0.1, -0.05) is 23.9 Å². The highest BCUT2D eigenvalue weighted by atomic mass is 32.2. The number of nitrogen functional groups attached to an aromatic ring is 1. The van der Waals surface area contributed by atoms with Crippen molar-refractivity contribution in [2.24, 2.45) is 0 Å². The zero-order valence-electron chi connectivity index (χ0n) is 14.7. The molecular formula is C18H19FN4OS2. The molecule has 1 amide bonds. The number of amides is 1. The number of anilines is 1. The third-order valence-electron chi connectivity index (χ3n) is 4.08. The summed E-state index contributed by atoms with van der Waals surface area (Å²) in [5, 5.41) is 4.20. The Kier molecular flexibility index (Phi) is 5.43. The fourth-order valence-electron chi connectivity index (χ4n) is 2.52. The van der Waals surface area contributed by atoms with E-state index >= 15 is 0 Å². The summed E-state index contributed by atoms with van der Waals surface area (Å²) < 4.78 is 13.3. The van der Waals surface area contributed by atoms with Crippen molar-refractivity contribution in [1.29, 1.82) is 0 Å². The van der Waals surface area contributed by atoms with Gasteiger partial charge >= 0.3 is 0 Å². The van der Waals surface area contributed by atoms with Crippen molar-refractivity contribution in [1.82, 2.24) is 15.3 Å². The molecule has 0 unspecified atom stereocenters. The number of thioether (sulfide) groups is 1. The molecule has 8 heteroatoms. The van der Waals surface area contributed by atoms with Crippen molar-refractivity contribution in [3.63, 3.8) is 0 Å². The standard InChI is InChI=1S/C18H19FN4OS2/c1-9-6-12(4-5-13(9)19)7-21-14(24)8-25-18-22-16(20)15-10(2)11(3)26-17(15)23-18/h4-6H,7-8H2,1-3H3,(H,21,24)(H2,20,22,23). The second-order valence-corrected chi connectivity index (χ2v) is 8.15. The van der Waals surface area contributed by atoms with Crippen LogP contribution in [0, 0.1) is 26.6 Å². The SMILES string of the molecule is Cc1cc(CNC(=O)CSc2nc(N)c3c(C)c(C)sc3n2)ccc1F. The number of hydrogen-bond acceptors (Lipinski definition) is 6. The molecule has 0 aliphatic heterocycles. The monoisotopic (exact) mass is 390 g/mol. The van der Waals surface area contributed by atoms with Gasteiger partial charge < -0.3 is 11.1 Å². The summed E-state index contributed by atoms with van der Waals surface area (Å²) in [6.07, 6.45) is 0. The molecule has 2 heterocycles. The van der Waals surface area contributed by atoms with Crippen LogP contribution in [0.15, 0.2) is 23.4 Å². The molecule has 5 nitrogen and oxygen atoms in total. The predicted molar refractivity (Wildman–Crippen MR) is 105 cm³/mol. The highest BCUT2D eigenvalue weighted by molar-refractivity contribution is 7.99. The maximum atomic E-state index is 13.3. The Morgan fingerprint density at radius 2 is 2.08 bits per heavy atom. The van der Waals surface area contributed by atoms with Crippen molar-refractivity contribution in [3.8, 4) is 0 Å². The Bertz CT molecular complexity index is 987. The Morgan fingerprint density at radius 1 is 1.31 bits per heavy atom. The smallest absolute Gasteiger partial charge is 0.230 e. The Morgan fingerprint density at radius 3 is 2.81 bits per heavy atom. The van der Waals surface area contributed by atoms with Gasteiger partial charge in [0.15, 0.2) is 5.16 Å². The highest BCUT2D eigenvalue weighted by Crippen LogP contribution is 2.33. The molecule has 0 saturated heterocycles. The van der Waals surface area contributed by atoms with Crippen LogP contribution in [0.3, 0.4) is 0 Å². The number of halogens is 1. The van der Waals surface area contributed by atoms with Gasteiger partial charge in [0.2, 0.25) is 5.91 Å². The fourth-order valence-corrected chi connectivity index (χ4v) is 4.30. The van der Waals surface area contributed by atoms with E-state index in [2.05, 4.69) is 15.3 Å². The first-order valence-electron chi connectivity index (χ1n) is 8.03. The summed E-state index contributed by atoms with van der Waals surface area (Å²) in [4.78, 5) is 22.9. The summed E-state index contributed by atoms with van der Waals surface area (Å²) in [5.74, 6) is 0.244. The van der Waals surface area contributed by atoms with Gasteiger partial charge in [0.25, 0.3) is 0 Å². The second kappa shape index (κ2) is 7.59. The number of rotatable bonds is 5.